The van der Waals surface area contributed by atoms with Gasteiger partial charge in [-0.25, -0.2) is 8.42 Å². The second-order valence-electron chi connectivity index (χ2n) is 1.52. The summed E-state index contributed by atoms with van der Waals surface area (Å²) in [6.07, 6.45) is 0. The molecule has 0 rings (SSSR count). The van der Waals surface area contributed by atoms with Gasteiger partial charge in [0, 0.05) is 7.05 Å². The number of alkyl halides is 3. The van der Waals surface area contributed by atoms with Crippen LogP contribution in [0, 0.1) is 0 Å². The maximum absolute atomic E-state index is 10.6. The van der Waals surface area contributed by atoms with Crippen molar-refractivity contribution in [1.82, 2.24) is 4.72 Å². The lowest BCUT2D eigenvalue weighted by molar-refractivity contribution is 0.587. The first kappa shape index (κ1) is 10.8. The van der Waals surface area contributed by atoms with E-state index in [0.717, 1.165) is 7.05 Å². The zero-order chi connectivity index (χ0) is 8.41. The van der Waals surface area contributed by atoms with Crippen LogP contribution in [-0.2, 0) is 10.0 Å². The lowest BCUT2D eigenvalue weighted by Gasteiger charge is -2.08. The van der Waals surface area contributed by atoms with Crippen molar-refractivity contribution in [3.05, 3.63) is 0 Å². The number of sulfonamides is 1. The summed E-state index contributed by atoms with van der Waals surface area (Å²) in [5.74, 6) is -0.582. The highest BCUT2D eigenvalue weighted by Gasteiger charge is 2.27. The van der Waals surface area contributed by atoms with E-state index < -0.39 is 19.6 Å². The minimum Gasteiger partial charge on any atom is -0.211 e. The van der Waals surface area contributed by atoms with E-state index in [4.69, 9.17) is 34.8 Å². The molecule has 0 saturated carbocycles. The number of hydrogen-bond donors (Lipinski definition) is 0. The summed E-state index contributed by atoms with van der Waals surface area (Å²) in [6.45, 7) is 0. The van der Waals surface area contributed by atoms with Gasteiger partial charge in [0.25, 0.3) is 0 Å². The molecule has 0 aliphatic heterocycles. The van der Waals surface area contributed by atoms with Gasteiger partial charge in [-0.3, -0.25) is 0 Å². The number of halogens is 3. The Morgan fingerprint density at radius 1 is 1.40 bits per heavy atom. The monoisotopic (exact) mass is 224 g/mol. The van der Waals surface area contributed by atoms with E-state index in [1.165, 1.54) is 0 Å². The summed E-state index contributed by atoms with van der Waals surface area (Å²) in [7, 11) is -2.42. The summed E-state index contributed by atoms with van der Waals surface area (Å²) >= 11 is 15.6. The highest BCUT2D eigenvalue weighted by molar-refractivity contribution is 7.89. The van der Waals surface area contributed by atoms with E-state index in [1.807, 2.05) is 0 Å². The molecule has 3 nitrogen and oxygen atoms in total. The Balaban J connectivity index is 4.18. The second-order valence-corrected chi connectivity index (χ2v) is 5.86. The number of rotatable bonds is 2. The van der Waals surface area contributed by atoms with Gasteiger partial charge >= 0.3 is 0 Å². The van der Waals surface area contributed by atoms with Gasteiger partial charge in [0.05, 0.1) is 0 Å². The fourth-order valence-corrected chi connectivity index (χ4v) is 2.06. The predicted octanol–water partition coefficient (Wildman–Crippen LogP) is 0.921. The van der Waals surface area contributed by atoms with E-state index >= 15 is 0 Å². The lowest BCUT2D eigenvalue weighted by atomic mass is 10.9. The van der Waals surface area contributed by atoms with Gasteiger partial charge in [-0.1, -0.05) is 34.8 Å². The molecule has 0 aromatic heterocycles. The van der Waals surface area contributed by atoms with Crippen LogP contribution in [0.15, 0.2) is 0 Å². The molecule has 0 aromatic rings. The van der Waals surface area contributed by atoms with Crippen LogP contribution in [0.1, 0.15) is 0 Å². The molecular formula is C3H5Cl3NO2S. The Morgan fingerprint density at radius 2 is 1.80 bits per heavy atom. The predicted molar refractivity (Wildman–Crippen MR) is 42.1 cm³/mol. The van der Waals surface area contributed by atoms with Crippen molar-refractivity contribution in [3.8, 4) is 0 Å². The summed E-state index contributed by atoms with van der Waals surface area (Å²) in [4.78, 5) is 0. The van der Waals surface area contributed by atoms with E-state index in [1.54, 1.807) is 0 Å². The van der Waals surface area contributed by atoms with Crippen LogP contribution < -0.4 is 4.72 Å². The zero-order valence-corrected chi connectivity index (χ0v) is 8.10. The van der Waals surface area contributed by atoms with Crippen molar-refractivity contribution in [3.63, 3.8) is 0 Å². The molecule has 0 bridgehead atoms. The largest absolute Gasteiger partial charge is 0.231 e. The Bertz CT molecular complexity index is 194. The third-order valence-electron chi connectivity index (χ3n) is 0.624. The van der Waals surface area contributed by atoms with Crippen molar-refractivity contribution in [2.45, 2.75) is 3.79 Å². The van der Waals surface area contributed by atoms with Gasteiger partial charge in [-0.2, -0.15) is 0 Å². The molecule has 0 unspecified atom stereocenters. The van der Waals surface area contributed by atoms with Crippen molar-refractivity contribution in [2.75, 3.05) is 12.8 Å². The minimum absolute atomic E-state index is 0.582. The number of nitrogens with zero attached hydrogens (tertiary/aromatic N) is 1. The first-order valence-corrected chi connectivity index (χ1v) is 4.92. The maximum Gasteiger partial charge on any atom is 0.231 e. The summed E-state index contributed by atoms with van der Waals surface area (Å²) in [5, 5.41) is 0. The molecular weight excluding hydrogens is 220 g/mol. The minimum atomic E-state index is -3.55. The Labute approximate surface area is 74.7 Å². The molecule has 0 fully saturated rings. The van der Waals surface area contributed by atoms with Gasteiger partial charge in [-0.05, 0) is 0 Å². The molecule has 0 aromatic carbocycles. The SMILES string of the molecule is C[N]S(=O)(=O)CC(Cl)(Cl)Cl. The van der Waals surface area contributed by atoms with Crippen molar-refractivity contribution in [2.24, 2.45) is 0 Å². The molecule has 0 atom stereocenters. The Morgan fingerprint density at radius 3 is 1.90 bits per heavy atom. The fourth-order valence-electron chi connectivity index (χ4n) is 0.271. The molecule has 0 N–H and O–H groups in total. The smallest absolute Gasteiger partial charge is 0.211 e. The quantitative estimate of drug-likeness (QED) is 0.656. The van der Waals surface area contributed by atoms with Crippen LogP contribution in [0.2, 0.25) is 0 Å². The van der Waals surface area contributed by atoms with Crippen LogP contribution in [0.25, 0.3) is 0 Å². The summed E-state index contributed by atoms with van der Waals surface area (Å²) in [5.41, 5.74) is 0. The molecule has 1 radical (unpaired) electrons. The van der Waals surface area contributed by atoms with E-state index in [2.05, 4.69) is 4.72 Å². The molecule has 0 aliphatic rings. The van der Waals surface area contributed by atoms with Crippen LogP contribution in [0.4, 0.5) is 0 Å². The summed E-state index contributed by atoms with van der Waals surface area (Å²) in [6, 6.07) is 0. The van der Waals surface area contributed by atoms with Crippen LogP contribution in [-0.4, -0.2) is 25.0 Å². The first-order valence-electron chi connectivity index (χ1n) is 2.17. The van der Waals surface area contributed by atoms with Gasteiger partial charge in [0.2, 0.25) is 13.8 Å². The highest BCUT2D eigenvalue weighted by Crippen LogP contribution is 2.27. The topological polar surface area (TPSA) is 48.2 Å². The van der Waals surface area contributed by atoms with Crippen LogP contribution >= 0.6 is 34.8 Å². The molecule has 0 heterocycles. The molecule has 7 heteroatoms. The normalized spacial score (nSPS) is 13.6. The van der Waals surface area contributed by atoms with Gasteiger partial charge < -0.3 is 0 Å². The summed E-state index contributed by atoms with van der Waals surface area (Å²) < 4.78 is 22.4. The molecule has 10 heavy (non-hydrogen) atoms. The third-order valence-corrected chi connectivity index (χ3v) is 2.85. The van der Waals surface area contributed by atoms with E-state index in [0.29, 0.717) is 0 Å². The van der Waals surface area contributed by atoms with Crippen molar-refractivity contribution in [1.29, 1.82) is 0 Å². The maximum atomic E-state index is 10.6. The van der Waals surface area contributed by atoms with E-state index in [9.17, 15) is 8.42 Å². The van der Waals surface area contributed by atoms with Crippen molar-refractivity contribution >= 4 is 44.8 Å². The zero-order valence-electron chi connectivity index (χ0n) is 5.01. The average Bonchev–Trinajstić information content (AvgIpc) is 1.60. The molecule has 61 valence electrons. The molecule has 0 amide bonds. The Hall–Kier alpha value is 0.780. The van der Waals surface area contributed by atoms with Gasteiger partial charge in [-0.15, -0.1) is 4.72 Å². The van der Waals surface area contributed by atoms with Crippen LogP contribution in [0.3, 0.4) is 0 Å². The van der Waals surface area contributed by atoms with Gasteiger partial charge in [0.1, 0.15) is 5.75 Å². The lowest BCUT2D eigenvalue weighted by Crippen LogP contribution is -2.25. The molecule has 0 saturated heterocycles. The Kier molecular flexibility index (Phi) is 3.72. The first-order chi connectivity index (χ1) is 4.27. The van der Waals surface area contributed by atoms with Crippen LogP contribution in [0.5, 0.6) is 0 Å². The molecule has 0 spiro atoms. The molecule has 0 aliphatic carbocycles. The van der Waals surface area contributed by atoms with Gasteiger partial charge in [0.15, 0.2) is 0 Å². The van der Waals surface area contributed by atoms with Crippen molar-refractivity contribution < 1.29 is 8.42 Å². The second kappa shape index (κ2) is 3.45. The number of hydrogen-bond acceptors (Lipinski definition) is 2. The fraction of sp³-hybridized carbons (Fsp3) is 1.00. The standard InChI is InChI=1S/C3H5Cl3NO2S/c1-7-10(8,9)2-3(4,5)6/h2H2,1H3. The highest BCUT2D eigenvalue weighted by atomic mass is 35.6. The average molecular weight is 226 g/mol. The third kappa shape index (κ3) is 5.56. The van der Waals surface area contributed by atoms with E-state index in [-0.39, 0.29) is 0 Å².